The minimum absolute atomic E-state index is 0.219. The van der Waals surface area contributed by atoms with Crippen LogP contribution in [0.1, 0.15) is 25.7 Å². The highest BCUT2D eigenvalue weighted by molar-refractivity contribution is 5.76. The molecule has 0 bridgehead atoms. The summed E-state index contributed by atoms with van der Waals surface area (Å²) in [5.74, 6) is 1.18. The SMILES string of the molecule is O=C(CC1CCNCC1)N1CC[C@H](CO)C1. The lowest BCUT2D eigenvalue weighted by Crippen LogP contribution is -2.34. The van der Waals surface area contributed by atoms with Crippen LogP contribution in [0.15, 0.2) is 0 Å². The number of piperidine rings is 1. The zero-order chi connectivity index (χ0) is 11.4. The molecule has 2 saturated heterocycles. The van der Waals surface area contributed by atoms with Gasteiger partial charge < -0.3 is 15.3 Å². The summed E-state index contributed by atoms with van der Waals surface area (Å²) in [5.41, 5.74) is 0. The molecule has 4 heteroatoms. The van der Waals surface area contributed by atoms with Gasteiger partial charge in [0.05, 0.1) is 0 Å². The number of likely N-dealkylation sites (tertiary alicyclic amines) is 1. The molecule has 0 saturated carbocycles. The molecule has 1 amide bonds. The van der Waals surface area contributed by atoms with Crippen molar-refractivity contribution in [3.05, 3.63) is 0 Å². The van der Waals surface area contributed by atoms with Crippen LogP contribution >= 0.6 is 0 Å². The average Bonchev–Trinajstić information content (AvgIpc) is 2.79. The minimum Gasteiger partial charge on any atom is -0.396 e. The molecule has 0 aliphatic carbocycles. The predicted molar refractivity (Wildman–Crippen MR) is 62.0 cm³/mol. The second-order valence-corrected chi connectivity index (χ2v) is 5.07. The van der Waals surface area contributed by atoms with Gasteiger partial charge in [-0.05, 0) is 38.3 Å². The molecule has 1 atom stereocenters. The van der Waals surface area contributed by atoms with E-state index in [-0.39, 0.29) is 6.61 Å². The van der Waals surface area contributed by atoms with Crippen molar-refractivity contribution in [1.82, 2.24) is 10.2 Å². The summed E-state index contributed by atoms with van der Waals surface area (Å²) in [6.07, 6.45) is 3.93. The molecular weight excluding hydrogens is 204 g/mol. The molecular formula is C12H22N2O2. The van der Waals surface area contributed by atoms with Crippen LogP contribution in [0.4, 0.5) is 0 Å². The van der Waals surface area contributed by atoms with Crippen molar-refractivity contribution >= 4 is 5.91 Å². The van der Waals surface area contributed by atoms with Crippen LogP contribution in [0.5, 0.6) is 0 Å². The Morgan fingerprint density at radius 1 is 1.25 bits per heavy atom. The van der Waals surface area contributed by atoms with E-state index in [2.05, 4.69) is 5.32 Å². The monoisotopic (exact) mass is 226 g/mol. The molecule has 4 nitrogen and oxygen atoms in total. The summed E-state index contributed by atoms with van der Waals surface area (Å²) in [6.45, 7) is 3.93. The maximum absolute atomic E-state index is 12.0. The fourth-order valence-corrected chi connectivity index (χ4v) is 2.67. The number of rotatable bonds is 3. The van der Waals surface area contributed by atoms with E-state index in [4.69, 9.17) is 5.11 Å². The summed E-state index contributed by atoms with van der Waals surface area (Å²) < 4.78 is 0. The zero-order valence-electron chi connectivity index (χ0n) is 9.82. The predicted octanol–water partition coefficient (Wildman–Crippen LogP) is 0.217. The van der Waals surface area contributed by atoms with Crippen LogP contribution in [-0.4, -0.2) is 48.7 Å². The highest BCUT2D eigenvalue weighted by Gasteiger charge is 2.27. The molecule has 92 valence electrons. The molecule has 2 aliphatic rings. The Morgan fingerprint density at radius 2 is 2.00 bits per heavy atom. The molecule has 0 unspecified atom stereocenters. The quantitative estimate of drug-likeness (QED) is 0.723. The number of hydrogen-bond acceptors (Lipinski definition) is 3. The van der Waals surface area contributed by atoms with Crippen LogP contribution in [-0.2, 0) is 4.79 Å². The molecule has 16 heavy (non-hydrogen) atoms. The molecule has 0 spiro atoms. The number of carbonyl (C=O) groups is 1. The third-order valence-electron chi connectivity index (χ3n) is 3.82. The van der Waals surface area contributed by atoms with Gasteiger partial charge in [-0.15, -0.1) is 0 Å². The summed E-state index contributed by atoms with van der Waals surface area (Å²) in [7, 11) is 0. The first kappa shape index (κ1) is 11.9. The van der Waals surface area contributed by atoms with Crippen molar-refractivity contribution in [3.8, 4) is 0 Å². The fourth-order valence-electron chi connectivity index (χ4n) is 2.67. The van der Waals surface area contributed by atoms with E-state index in [1.807, 2.05) is 4.90 Å². The number of nitrogens with zero attached hydrogens (tertiary/aromatic N) is 1. The average molecular weight is 226 g/mol. The van der Waals surface area contributed by atoms with Crippen LogP contribution in [0.3, 0.4) is 0 Å². The van der Waals surface area contributed by atoms with Crippen molar-refractivity contribution in [1.29, 1.82) is 0 Å². The Bertz CT molecular complexity index is 239. The van der Waals surface area contributed by atoms with Gasteiger partial charge in [0.25, 0.3) is 0 Å². The van der Waals surface area contributed by atoms with Crippen LogP contribution in [0, 0.1) is 11.8 Å². The molecule has 2 heterocycles. The first-order valence-electron chi connectivity index (χ1n) is 6.39. The molecule has 2 rings (SSSR count). The van der Waals surface area contributed by atoms with Crippen molar-refractivity contribution in [2.45, 2.75) is 25.7 Å². The van der Waals surface area contributed by atoms with Crippen molar-refractivity contribution in [2.75, 3.05) is 32.8 Å². The van der Waals surface area contributed by atoms with E-state index in [1.54, 1.807) is 0 Å². The van der Waals surface area contributed by atoms with Crippen molar-refractivity contribution < 1.29 is 9.90 Å². The van der Waals surface area contributed by atoms with Crippen molar-refractivity contribution in [3.63, 3.8) is 0 Å². The van der Waals surface area contributed by atoms with E-state index < -0.39 is 0 Å². The lowest BCUT2D eigenvalue weighted by molar-refractivity contribution is -0.131. The van der Waals surface area contributed by atoms with Gasteiger partial charge >= 0.3 is 0 Å². The largest absolute Gasteiger partial charge is 0.396 e. The third kappa shape index (κ3) is 2.95. The van der Waals surface area contributed by atoms with Gasteiger partial charge in [0.15, 0.2) is 0 Å². The molecule has 0 radical (unpaired) electrons. The van der Waals surface area contributed by atoms with Gasteiger partial charge in [0.1, 0.15) is 0 Å². The summed E-state index contributed by atoms with van der Waals surface area (Å²) in [5, 5.41) is 12.4. The number of carbonyl (C=O) groups excluding carboxylic acids is 1. The number of amides is 1. The van der Waals surface area contributed by atoms with Gasteiger partial charge in [-0.3, -0.25) is 4.79 Å². The Labute approximate surface area is 97.0 Å². The Kier molecular flexibility index (Phi) is 4.18. The maximum atomic E-state index is 12.0. The molecule has 2 fully saturated rings. The smallest absolute Gasteiger partial charge is 0.222 e. The highest BCUT2D eigenvalue weighted by atomic mass is 16.3. The van der Waals surface area contributed by atoms with E-state index in [1.165, 1.54) is 0 Å². The first-order chi connectivity index (χ1) is 7.79. The van der Waals surface area contributed by atoms with E-state index in [9.17, 15) is 4.79 Å². The highest BCUT2D eigenvalue weighted by Crippen LogP contribution is 2.21. The van der Waals surface area contributed by atoms with E-state index in [0.717, 1.165) is 45.4 Å². The summed E-state index contributed by atoms with van der Waals surface area (Å²) in [4.78, 5) is 13.9. The Morgan fingerprint density at radius 3 is 2.62 bits per heavy atom. The number of hydrogen-bond donors (Lipinski definition) is 2. The second kappa shape index (κ2) is 5.64. The van der Waals surface area contributed by atoms with Crippen molar-refractivity contribution in [2.24, 2.45) is 11.8 Å². The fraction of sp³-hybridized carbons (Fsp3) is 0.917. The van der Waals surface area contributed by atoms with Gasteiger partial charge in [0, 0.05) is 32.0 Å². The van der Waals surface area contributed by atoms with E-state index in [0.29, 0.717) is 24.2 Å². The normalized spacial score (nSPS) is 27.3. The second-order valence-electron chi connectivity index (χ2n) is 5.07. The molecule has 0 aromatic rings. The van der Waals surface area contributed by atoms with Gasteiger partial charge in [0.2, 0.25) is 5.91 Å². The van der Waals surface area contributed by atoms with Crippen LogP contribution in [0.25, 0.3) is 0 Å². The lowest BCUT2D eigenvalue weighted by Gasteiger charge is -2.24. The van der Waals surface area contributed by atoms with Gasteiger partial charge in [-0.2, -0.15) is 0 Å². The van der Waals surface area contributed by atoms with Gasteiger partial charge in [-0.1, -0.05) is 0 Å². The number of nitrogens with one attached hydrogen (secondary N) is 1. The maximum Gasteiger partial charge on any atom is 0.222 e. The summed E-state index contributed by atoms with van der Waals surface area (Å²) >= 11 is 0. The van der Waals surface area contributed by atoms with E-state index >= 15 is 0 Å². The molecule has 2 N–H and O–H groups in total. The molecule has 0 aromatic carbocycles. The summed E-state index contributed by atoms with van der Waals surface area (Å²) in [6, 6.07) is 0. The van der Waals surface area contributed by atoms with Crippen LogP contribution in [0.2, 0.25) is 0 Å². The number of aliphatic hydroxyl groups excluding tert-OH is 1. The minimum atomic E-state index is 0.219. The standard InChI is InChI=1S/C12H22N2O2/c15-9-11-3-6-14(8-11)12(16)7-10-1-4-13-5-2-10/h10-11,13,15H,1-9H2/t11-/m0/s1. The Balaban J connectivity index is 1.75. The Hall–Kier alpha value is -0.610. The molecule has 0 aromatic heterocycles. The number of aliphatic hydroxyl groups is 1. The zero-order valence-corrected chi connectivity index (χ0v) is 9.82. The van der Waals surface area contributed by atoms with Gasteiger partial charge in [-0.25, -0.2) is 0 Å². The topological polar surface area (TPSA) is 52.6 Å². The van der Waals surface area contributed by atoms with Crippen LogP contribution < -0.4 is 5.32 Å². The first-order valence-corrected chi connectivity index (χ1v) is 6.39. The lowest BCUT2D eigenvalue weighted by atomic mass is 9.94. The third-order valence-corrected chi connectivity index (χ3v) is 3.82. The molecule has 2 aliphatic heterocycles.